The molecule has 0 radical (unpaired) electrons. The number of nitrogens with one attached hydrogen (secondary N) is 2. The number of hydrogen-bond donors (Lipinski definition) is 2. The van der Waals surface area contributed by atoms with Gasteiger partial charge in [-0.3, -0.25) is 14.6 Å². The van der Waals surface area contributed by atoms with Crippen LogP contribution in [-0.4, -0.2) is 47.3 Å². The Bertz CT molecular complexity index is 1070. The van der Waals surface area contributed by atoms with Crippen molar-refractivity contribution in [2.75, 3.05) is 13.1 Å². The van der Waals surface area contributed by atoms with Crippen LogP contribution in [0.3, 0.4) is 0 Å². The van der Waals surface area contributed by atoms with Crippen LogP contribution in [0.1, 0.15) is 50.1 Å². The minimum absolute atomic E-state index is 0.0130. The highest BCUT2D eigenvalue weighted by Crippen LogP contribution is 2.33. The highest BCUT2D eigenvalue weighted by atomic mass is 16.2. The smallest absolute Gasteiger partial charge is 0.267 e. The van der Waals surface area contributed by atoms with Crippen LogP contribution in [-0.2, 0) is 9.59 Å². The van der Waals surface area contributed by atoms with Gasteiger partial charge in [0.25, 0.3) is 5.91 Å². The Labute approximate surface area is 188 Å². The summed E-state index contributed by atoms with van der Waals surface area (Å²) in [5.74, 6) is -0.315. The molecule has 0 spiro atoms. The number of hydrazone groups is 1. The van der Waals surface area contributed by atoms with Crippen molar-refractivity contribution in [2.24, 2.45) is 5.10 Å². The fraction of sp³-hybridized carbons (Fsp3) is 0.400. The second-order valence-corrected chi connectivity index (χ2v) is 8.74. The van der Waals surface area contributed by atoms with E-state index in [2.05, 4.69) is 46.2 Å². The number of amides is 2. The summed E-state index contributed by atoms with van der Waals surface area (Å²) in [6, 6.07) is 14.2. The third-order valence-electron chi connectivity index (χ3n) is 6.60. The molecular formula is C25H29N5O2. The zero-order chi connectivity index (χ0) is 21.9. The van der Waals surface area contributed by atoms with E-state index < -0.39 is 0 Å². The molecule has 0 aromatic heterocycles. The van der Waals surface area contributed by atoms with Crippen LogP contribution >= 0.6 is 0 Å². The third kappa shape index (κ3) is 4.25. The Kier molecular flexibility index (Phi) is 5.90. The minimum Gasteiger partial charge on any atom is -0.354 e. The van der Waals surface area contributed by atoms with Crippen LogP contribution in [0.15, 0.2) is 59.2 Å². The highest BCUT2D eigenvalue weighted by Gasteiger charge is 2.41. The van der Waals surface area contributed by atoms with E-state index >= 15 is 0 Å². The van der Waals surface area contributed by atoms with Crippen molar-refractivity contribution in [3.63, 3.8) is 0 Å². The Morgan fingerprint density at radius 1 is 1.16 bits per heavy atom. The summed E-state index contributed by atoms with van der Waals surface area (Å²) in [4.78, 5) is 25.4. The van der Waals surface area contributed by atoms with Crippen LogP contribution in [0.2, 0.25) is 0 Å². The molecule has 2 heterocycles. The Hall–Kier alpha value is -3.19. The van der Waals surface area contributed by atoms with Gasteiger partial charge in [-0.1, -0.05) is 54.1 Å². The summed E-state index contributed by atoms with van der Waals surface area (Å²) < 4.78 is 0. The molecule has 166 valence electrons. The molecule has 2 unspecified atom stereocenters. The predicted octanol–water partition coefficient (Wildman–Crippen LogP) is 3.25. The van der Waals surface area contributed by atoms with Gasteiger partial charge in [0.1, 0.15) is 18.9 Å². The second-order valence-electron chi connectivity index (χ2n) is 8.74. The fourth-order valence-electron chi connectivity index (χ4n) is 4.90. The first-order valence-corrected chi connectivity index (χ1v) is 11.5. The monoisotopic (exact) mass is 431 g/mol. The first kappa shape index (κ1) is 20.7. The number of allylic oxidation sites excluding steroid dienone is 1. The average molecular weight is 432 g/mol. The van der Waals surface area contributed by atoms with E-state index in [9.17, 15) is 9.59 Å². The van der Waals surface area contributed by atoms with E-state index in [0.29, 0.717) is 13.0 Å². The van der Waals surface area contributed by atoms with Gasteiger partial charge in [0.05, 0.1) is 6.04 Å². The normalized spacial score (nSPS) is 22.8. The summed E-state index contributed by atoms with van der Waals surface area (Å²) in [5, 5.41) is 12.6. The fourth-order valence-corrected chi connectivity index (χ4v) is 4.90. The number of fused-ring (bicyclic) bond motifs is 2. The van der Waals surface area contributed by atoms with Crippen LogP contribution < -0.4 is 10.7 Å². The standard InChI is InChI=1S/C25H29N5O2/c31-24(26-14-13-18-7-2-1-3-8-18)16-29-25(32)23-15-22(28-30(23)17-27-29)21-12-6-10-19-9-4-5-11-20(19)21/h4-7,9-12,17,22-23,28H,1-3,8,13-16H2,(H,26,31). The molecule has 2 amide bonds. The van der Waals surface area contributed by atoms with E-state index in [1.165, 1.54) is 39.8 Å². The molecule has 32 heavy (non-hydrogen) atoms. The SMILES string of the molecule is O=C(CN1N=CN2NC(c3cccc4ccccc34)CC2C1=O)NCCC1=CCCCC1. The van der Waals surface area contributed by atoms with Crippen LogP contribution in [0.4, 0.5) is 0 Å². The van der Waals surface area contributed by atoms with E-state index in [0.717, 1.165) is 19.3 Å². The lowest BCUT2D eigenvalue weighted by atomic mass is 9.96. The molecule has 0 bridgehead atoms. The zero-order valence-corrected chi connectivity index (χ0v) is 18.2. The third-order valence-corrected chi connectivity index (χ3v) is 6.60. The topological polar surface area (TPSA) is 77.0 Å². The van der Waals surface area contributed by atoms with Gasteiger partial charge in [0, 0.05) is 6.54 Å². The molecule has 1 aliphatic carbocycles. The van der Waals surface area contributed by atoms with Gasteiger partial charge in [-0.25, -0.2) is 10.4 Å². The average Bonchev–Trinajstić information content (AvgIpc) is 3.26. The molecule has 2 aliphatic heterocycles. The number of hydrazine groups is 1. The van der Waals surface area contributed by atoms with Crippen molar-refractivity contribution < 1.29 is 9.59 Å². The molecular weight excluding hydrogens is 402 g/mol. The molecule has 2 atom stereocenters. The van der Waals surface area contributed by atoms with Crippen LogP contribution in [0.5, 0.6) is 0 Å². The van der Waals surface area contributed by atoms with E-state index in [1.54, 1.807) is 11.3 Å². The quantitative estimate of drug-likeness (QED) is 0.689. The summed E-state index contributed by atoms with van der Waals surface area (Å²) in [6.07, 6.45) is 10.2. The maximum Gasteiger partial charge on any atom is 0.267 e. The number of carbonyl (C=O) groups excluding carboxylic acids is 2. The first-order valence-electron chi connectivity index (χ1n) is 11.5. The molecule has 7 heteroatoms. The number of carbonyl (C=O) groups is 2. The highest BCUT2D eigenvalue weighted by molar-refractivity contribution is 5.91. The van der Waals surface area contributed by atoms with Gasteiger partial charge in [-0.15, -0.1) is 0 Å². The molecule has 1 saturated heterocycles. The van der Waals surface area contributed by atoms with Crippen molar-refractivity contribution in [1.82, 2.24) is 20.8 Å². The van der Waals surface area contributed by atoms with Gasteiger partial charge < -0.3 is 5.32 Å². The number of nitrogens with zero attached hydrogens (tertiary/aromatic N) is 3. The van der Waals surface area contributed by atoms with E-state index in [1.807, 2.05) is 18.2 Å². The largest absolute Gasteiger partial charge is 0.354 e. The van der Waals surface area contributed by atoms with E-state index in [4.69, 9.17) is 0 Å². The second kappa shape index (κ2) is 9.12. The lowest BCUT2D eigenvalue weighted by Crippen LogP contribution is -2.52. The molecule has 0 saturated carbocycles. The van der Waals surface area contributed by atoms with Crippen molar-refractivity contribution in [2.45, 2.75) is 50.6 Å². The number of benzene rings is 2. The zero-order valence-electron chi connectivity index (χ0n) is 18.2. The lowest BCUT2D eigenvalue weighted by Gasteiger charge is -2.29. The Morgan fingerprint density at radius 2 is 2.03 bits per heavy atom. The number of rotatable bonds is 6. The van der Waals surface area contributed by atoms with Crippen molar-refractivity contribution in [3.05, 3.63) is 59.7 Å². The van der Waals surface area contributed by atoms with Gasteiger partial charge in [0.15, 0.2) is 0 Å². The Balaban J connectivity index is 1.19. The Morgan fingerprint density at radius 3 is 2.91 bits per heavy atom. The predicted molar refractivity (Wildman–Crippen MR) is 124 cm³/mol. The van der Waals surface area contributed by atoms with Crippen molar-refractivity contribution >= 4 is 28.9 Å². The molecule has 3 aliphatic rings. The van der Waals surface area contributed by atoms with Gasteiger partial charge in [-0.05, 0) is 54.9 Å². The van der Waals surface area contributed by atoms with Gasteiger partial charge in [0.2, 0.25) is 5.91 Å². The minimum atomic E-state index is -0.364. The van der Waals surface area contributed by atoms with E-state index in [-0.39, 0.29) is 30.4 Å². The van der Waals surface area contributed by atoms with Gasteiger partial charge >= 0.3 is 0 Å². The van der Waals surface area contributed by atoms with Crippen molar-refractivity contribution in [3.8, 4) is 0 Å². The molecule has 7 nitrogen and oxygen atoms in total. The number of hydrogen-bond acceptors (Lipinski definition) is 5. The summed E-state index contributed by atoms with van der Waals surface area (Å²) >= 11 is 0. The summed E-state index contributed by atoms with van der Waals surface area (Å²) in [5.41, 5.74) is 6.00. The molecule has 2 aromatic carbocycles. The lowest BCUT2D eigenvalue weighted by molar-refractivity contribution is -0.140. The maximum absolute atomic E-state index is 13.0. The summed E-state index contributed by atoms with van der Waals surface area (Å²) in [7, 11) is 0. The molecule has 2 N–H and O–H groups in total. The van der Waals surface area contributed by atoms with Crippen LogP contribution in [0, 0.1) is 0 Å². The molecule has 2 aromatic rings. The molecule has 5 rings (SSSR count). The van der Waals surface area contributed by atoms with Crippen molar-refractivity contribution in [1.29, 1.82) is 0 Å². The van der Waals surface area contributed by atoms with Gasteiger partial charge in [-0.2, -0.15) is 5.10 Å². The maximum atomic E-state index is 13.0. The summed E-state index contributed by atoms with van der Waals surface area (Å²) in [6.45, 7) is 0.564. The molecule has 1 fully saturated rings. The first-order chi connectivity index (χ1) is 15.7. The van der Waals surface area contributed by atoms with Crippen LogP contribution in [0.25, 0.3) is 10.8 Å².